The van der Waals surface area contributed by atoms with Crippen LogP contribution < -0.4 is 5.32 Å². The maximum absolute atomic E-state index is 3.58. The number of nitrogens with zero attached hydrogens (tertiary/aromatic N) is 4. The van der Waals surface area contributed by atoms with Gasteiger partial charge in [-0.1, -0.05) is 13.8 Å². The van der Waals surface area contributed by atoms with E-state index in [4.69, 9.17) is 0 Å². The molecule has 0 aliphatic carbocycles. The molecule has 1 N–H and O–H groups in total. The Hall–Kier alpha value is -0.200. The molecule has 0 bridgehead atoms. The minimum Gasteiger partial charge on any atom is -0.314 e. The maximum atomic E-state index is 3.58. The van der Waals surface area contributed by atoms with Crippen LogP contribution >= 0.6 is 0 Å². The van der Waals surface area contributed by atoms with E-state index in [0.29, 0.717) is 0 Å². The molecule has 1 saturated heterocycles. The molecule has 1 aliphatic heterocycles. The molecule has 1 aliphatic rings. The van der Waals surface area contributed by atoms with E-state index in [9.17, 15) is 0 Å². The van der Waals surface area contributed by atoms with Gasteiger partial charge >= 0.3 is 0 Å². The van der Waals surface area contributed by atoms with Crippen LogP contribution in [0.3, 0.4) is 0 Å². The summed E-state index contributed by atoms with van der Waals surface area (Å²) in [5.41, 5.74) is 0. The minimum atomic E-state index is 1.12. The van der Waals surface area contributed by atoms with Gasteiger partial charge in [-0.25, -0.2) is 0 Å². The lowest BCUT2D eigenvalue weighted by Crippen LogP contribution is -2.49. The molecular weight excluding hydrogens is 262 g/mol. The second-order valence-corrected chi connectivity index (χ2v) is 6.26. The van der Waals surface area contributed by atoms with Crippen molar-refractivity contribution in [1.82, 2.24) is 24.9 Å². The fourth-order valence-corrected chi connectivity index (χ4v) is 2.72. The van der Waals surface area contributed by atoms with Crippen LogP contribution in [0.15, 0.2) is 0 Å². The van der Waals surface area contributed by atoms with E-state index < -0.39 is 0 Å². The monoisotopic (exact) mass is 299 g/mol. The molecule has 0 amide bonds. The van der Waals surface area contributed by atoms with E-state index in [0.717, 1.165) is 26.2 Å². The first kappa shape index (κ1) is 18.8. The standard InChI is InChI=1S/C16H37N5/c1-5-19(6-2)9-7-17-8-10-20-13-15-21(16-14-20)12-11-18(3)4/h17H,5-16H2,1-4H3. The van der Waals surface area contributed by atoms with E-state index in [-0.39, 0.29) is 0 Å². The van der Waals surface area contributed by atoms with Crippen molar-refractivity contribution in [1.29, 1.82) is 0 Å². The van der Waals surface area contributed by atoms with Crippen LogP contribution in [0.2, 0.25) is 0 Å². The fourth-order valence-electron chi connectivity index (χ4n) is 2.72. The molecule has 0 saturated carbocycles. The van der Waals surface area contributed by atoms with Gasteiger partial charge in [0.05, 0.1) is 0 Å². The van der Waals surface area contributed by atoms with Gasteiger partial charge in [0.1, 0.15) is 0 Å². The Morgan fingerprint density at radius 1 is 0.810 bits per heavy atom. The Morgan fingerprint density at radius 3 is 1.90 bits per heavy atom. The second kappa shape index (κ2) is 11.4. The normalized spacial score (nSPS) is 18.0. The predicted octanol–water partition coefficient (Wildman–Crippen LogP) is 0.0970. The Morgan fingerprint density at radius 2 is 1.38 bits per heavy atom. The van der Waals surface area contributed by atoms with Crippen LogP contribution in [0.25, 0.3) is 0 Å². The third-order valence-corrected chi connectivity index (χ3v) is 4.43. The van der Waals surface area contributed by atoms with Gasteiger partial charge < -0.3 is 15.1 Å². The summed E-state index contributed by atoms with van der Waals surface area (Å²) in [7, 11) is 4.31. The summed E-state index contributed by atoms with van der Waals surface area (Å²) in [6.45, 7) is 18.7. The molecule has 0 unspecified atom stereocenters. The Bertz CT molecular complexity index is 235. The van der Waals surface area contributed by atoms with Crippen molar-refractivity contribution in [3.05, 3.63) is 0 Å². The van der Waals surface area contributed by atoms with Gasteiger partial charge in [0.2, 0.25) is 0 Å². The van der Waals surface area contributed by atoms with Crippen molar-refractivity contribution in [2.24, 2.45) is 0 Å². The van der Waals surface area contributed by atoms with E-state index in [2.05, 4.69) is 52.9 Å². The third-order valence-electron chi connectivity index (χ3n) is 4.43. The molecule has 1 rings (SSSR count). The average molecular weight is 300 g/mol. The number of nitrogens with one attached hydrogen (secondary N) is 1. The van der Waals surface area contributed by atoms with Crippen LogP contribution in [-0.4, -0.2) is 112 Å². The smallest absolute Gasteiger partial charge is 0.0110 e. The number of hydrogen-bond donors (Lipinski definition) is 1. The number of hydrogen-bond acceptors (Lipinski definition) is 5. The summed E-state index contributed by atoms with van der Waals surface area (Å²) in [5.74, 6) is 0. The van der Waals surface area contributed by atoms with Crippen molar-refractivity contribution in [2.45, 2.75) is 13.8 Å². The number of rotatable bonds is 11. The molecule has 21 heavy (non-hydrogen) atoms. The molecule has 1 fully saturated rings. The molecule has 0 aromatic rings. The molecule has 0 spiro atoms. The van der Waals surface area contributed by atoms with Crippen molar-refractivity contribution in [2.75, 3.05) is 92.6 Å². The SMILES string of the molecule is CCN(CC)CCNCCN1CCN(CCN(C)C)CC1. The van der Waals surface area contributed by atoms with Crippen LogP contribution in [0.4, 0.5) is 0 Å². The summed E-state index contributed by atoms with van der Waals surface area (Å²) in [6.07, 6.45) is 0. The van der Waals surface area contributed by atoms with Crippen molar-refractivity contribution in [3.8, 4) is 0 Å². The van der Waals surface area contributed by atoms with Gasteiger partial charge in [-0.3, -0.25) is 9.80 Å². The van der Waals surface area contributed by atoms with Gasteiger partial charge in [-0.05, 0) is 27.2 Å². The highest BCUT2D eigenvalue weighted by Gasteiger charge is 2.15. The topological polar surface area (TPSA) is 25.0 Å². The number of piperazine rings is 1. The molecule has 126 valence electrons. The Balaban J connectivity index is 1.98. The lowest BCUT2D eigenvalue weighted by atomic mass is 10.3. The highest BCUT2D eigenvalue weighted by atomic mass is 15.3. The predicted molar refractivity (Wildman–Crippen MR) is 92.1 cm³/mol. The summed E-state index contributed by atoms with van der Waals surface area (Å²) < 4.78 is 0. The van der Waals surface area contributed by atoms with E-state index in [1.165, 1.54) is 52.4 Å². The molecule has 0 radical (unpaired) electrons. The van der Waals surface area contributed by atoms with Gasteiger partial charge in [-0.15, -0.1) is 0 Å². The van der Waals surface area contributed by atoms with Gasteiger partial charge in [0.25, 0.3) is 0 Å². The van der Waals surface area contributed by atoms with Crippen LogP contribution in [0.5, 0.6) is 0 Å². The Labute approximate surface area is 132 Å². The molecule has 0 aromatic heterocycles. The van der Waals surface area contributed by atoms with E-state index in [1.807, 2.05) is 0 Å². The first-order valence-corrected chi connectivity index (χ1v) is 8.68. The summed E-state index contributed by atoms with van der Waals surface area (Å²) in [4.78, 5) is 9.92. The van der Waals surface area contributed by atoms with Crippen LogP contribution in [0, 0.1) is 0 Å². The van der Waals surface area contributed by atoms with Crippen molar-refractivity contribution >= 4 is 0 Å². The fraction of sp³-hybridized carbons (Fsp3) is 1.00. The third kappa shape index (κ3) is 8.73. The van der Waals surface area contributed by atoms with Crippen LogP contribution in [-0.2, 0) is 0 Å². The highest BCUT2D eigenvalue weighted by molar-refractivity contribution is 4.73. The van der Waals surface area contributed by atoms with Gasteiger partial charge in [0.15, 0.2) is 0 Å². The molecule has 1 heterocycles. The maximum Gasteiger partial charge on any atom is 0.0110 e. The molecule has 0 atom stereocenters. The van der Waals surface area contributed by atoms with Crippen molar-refractivity contribution in [3.63, 3.8) is 0 Å². The van der Waals surface area contributed by atoms with E-state index >= 15 is 0 Å². The van der Waals surface area contributed by atoms with E-state index in [1.54, 1.807) is 0 Å². The lowest BCUT2D eigenvalue weighted by molar-refractivity contribution is 0.126. The van der Waals surface area contributed by atoms with Gasteiger partial charge in [-0.2, -0.15) is 0 Å². The van der Waals surface area contributed by atoms with Crippen molar-refractivity contribution < 1.29 is 0 Å². The summed E-state index contributed by atoms with van der Waals surface area (Å²) >= 11 is 0. The zero-order chi connectivity index (χ0) is 15.5. The zero-order valence-corrected chi connectivity index (χ0v) is 14.8. The molecule has 5 nitrogen and oxygen atoms in total. The lowest BCUT2D eigenvalue weighted by Gasteiger charge is -2.35. The van der Waals surface area contributed by atoms with Gasteiger partial charge in [0, 0.05) is 65.4 Å². The molecule has 5 heteroatoms. The molecular formula is C16H37N5. The minimum absolute atomic E-state index is 1.12. The Kier molecular flexibility index (Phi) is 10.2. The van der Waals surface area contributed by atoms with Crippen LogP contribution in [0.1, 0.15) is 13.8 Å². The summed E-state index contributed by atoms with van der Waals surface area (Å²) in [6, 6.07) is 0. The zero-order valence-electron chi connectivity index (χ0n) is 14.8. The number of likely N-dealkylation sites (N-methyl/N-ethyl adjacent to an activating group) is 2. The highest BCUT2D eigenvalue weighted by Crippen LogP contribution is 2.00. The largest absolute Gasteiger partial charge is 0.314 e. The quantitative estimate of drug-likeness (QED) is 0.546. The average Bonchev–Trinajstić information content (AvgIpc) is 2.50. The first-order valence-electron chi connectivity index (χ1n) is 8.68. The molecule has 0 aromatic carbocycles. The first-order chi connectivity index (χ1) is 10.2. The second-order valence-electron chi connectivity index (χ2n) is 6.26. The summed E-state index contributed by atoms with van der Waals surface area (Å²) in [5, 5.41) is 3.58.